The molecular formula is C21H19N3O2. The van der Waals surface area contributed by atoms with Gasteiger partial charge in [0.2, 0.25) is 0 Å². The van der Waals surface area contributed by atoms with Crippen LogP contribution in [0.25, 0.3) is 11.3 Å². The summed E-state index contributed by atoms with van der Waals surface area (Å²) in [5, 5.41) is 0. The second kappa shape index (κ2) is 6.35. The van der Waals surface area contributed by atoms with Crippen molar-refractivity contribution in [2.75, 3.05) is 6.54 Å². The summed E-state index contributed by atoms with van der Waals surface area (Å²) in [6.07, 6.45) is 8.02. The molecule has 0 spiro atoms. The maximum atomic E-state index is 5.64. The van der Waals surface area contributed by atoms with Gasteiger partial charge in [0.25, 0.3) is 0 Å². The minimum absolute atomic E-state index is 0.0911. The lowest BCUT2D eigenvalue weighted by Gasteiger charge is -2.34. The van der Waals surface area contributed by atoms with Crippen molar-refractivity contribution in [2.24, 2.45) is 0 Å². The molecule has 0 fully saturated rings. The summed E-state index contributed by atoms with van der Waals surface area (Å²) < 4.78 is 11.0. The van der Waals surface area contributed by atoms with Crippen molar-refractivity contribution in [1.82, 2.24) is 14.9 Å². The second-order valence-corrected chi connectivity index (χ2v) is 6.58. The molecule has 0 bridgehead atoms. The molecule has 0 amide bonds. The molecule has 5 nitrogen and oxygen atoms in total. The molecule has 1 aliphatic heterocycles. The van der Waals surface area contributed by atoms with Crippen LogP contribution >= 0.6 is 0 Å². The summed E-state index contributed by atoms with van der Waals surface area (Å²) in [5.74, 6) is 0.901. The number of aromatic nitrogens is 2. The number of benzene rings is 1. The van der Waals surface area contributed by atoms with Crippen molar-refractivity contribution in [1.29, 1.82) is 0 Å². The molecule has 5 heteroatoms. The Morgan fingerprint density at radius 1 is 1.12 bits per heavy atom. The summed E-state index contributed by atoms with van der Waals surface area (Å²) in [7, 11) is 0. The normalized spacial score (nSPS) is 17.3. The monoisotopic (exact) mass is 345 g/mol. The Labute approximate surface area is 151 Å². The van der Waals surface area contributed by atoms with Gasteiger partial charge in [-0.3, -0.25) is 4.90 Å². The third kappa shape index (κ3) is 2.57. The smallest absolute Gasteiger partial charge is 0.134 e. The molecule has 4 heterocycles. The van der Waals surface area contributed by atoms with Gasteiger partial charge in [-0.25, -0.2) is 4.98 Å². The Morgan fingerprint density at radius 2 is 2.08 bits per heavy atom. The van der Waals surface area contributed by atoms with Gasteiger partial charge in [-0.1, -0.05) is 24.3 Å². The van der Waals surface area contributed by atoms with Crippen LogP contribution in [-0.4, -0.2) is 21.4 Å². The highest BCUT2D eigenvalue weighted by atomic mass is 16.3. The first-order chi connectivity index (χ1) is 12.9. The van der Waals surface area contributed by atoms with Gasteiger partial charge in [-0.15, -0.1) is 0 Å². The van der Waals surface area contributed by atoms with E-state index < -0.39 is 0 Å². The van der Waals surface area contributed by atoms with Crippen molar-refractivity contribution in [3.8, 4) is 11.3 Å². The highest BCUT2D eigenvalue weighted by Gasteiger charge is 2.32. The highest BCUT2D eigenvalue weighted by molar-refractivity contribution is 5.62. The minimum Gasteiger partial charge on any atom is -0.472 e. The topological polar surface area (TPSA) is 58.2 Å². The van der Waals surface area contributed by atoms with Crippen molar-refractivity contribution < 1.29 is 8.83 Å². The van der Waals surface area contributed by atoms with Gasteiger partial charge in [0, 0.05) is 36.3 Å². The van der Waals surface area contributed by atoms with Crippen molar-refractivity contribution in [2.45, 2.75) is 19.0 Å². The second-order valence-electron chi connectivity index (χ2n) is 6.58. The SMILES string of the molecule is c1coc(-c2ccccc2CN2CCc3[nH]cnc3[C@H]2c2ccoc2)c1. The predicted molar refractivity (Wildman–Crippen MR) is 97.4 cm³/mol. The van der Waals surface area contributed by atoms with E-state index in [1.807, 2.05) is 24.5 Å². The van der Waals surface area contributed by atoms with Crippen LogP contribution in [0.4, 0.5) is 0 Å². The van der Waals surface area contributed by atoms with Gasteiger partial charge >= 0.3 is 0 Å². The average molecular weight is 345 g/mol. The molecule has 130 valence electrons. The third-order valence-corrected chi connectivity index (χ3v) is 5.06. The molecule has 26 heavy (non-hydrogen) atoms. The summed E-state index contributed by atoms with van der Waals surface area (Å²) in [4.78, 5) is 10.3. The molecule has 0 unspecified atom stereocenters. The minimum atomic E-state index is 0.0911. The Kier molecular flexibility index (Phi) is 3.72. The first-order valence-corrected chi connectivity index (χ1v) is 8.80. The average Bonchev–Trinajstić information content (AvgIpc) is 3.43. The molecule has 0 radical (unpaired) electrons. The van der Waals surface area contributed by atoms with Gasteiger partial charge in [0.05, 0.1) is 36.9 Å². The quantitative estimate of drug-likeness (QED) is 0.595. The molecule has 0 saturated heterocycles. The van der Waals surface area contributed by atoms with Gasteiger partial charge in [0.15, 0.2) is 0 Å². The number of nitrogens with zero attached hydrogens (tertiary/aromatic N) is 2. The van der Waals surface area contributed by atoms with Gasteiger partial charge < -0.3 is 13.8 Å². The predicted octanol–water partition coefficient (Wildman–Crippen LogP) is 4.41. The zero-order valence-electron chi connectivity index (χ0n) is 14.3. The van der Waals surface area contributed by atoms with E-state index in [2.05, 4.69) is 39.1 Å². The summed E-state index contributed by atoms with van der Waals surface area (Å²) in [5.41, 5.74) is 5.82. The summed E-state index contributed by atoms with van der Waals surface area (Å²) >= 11 is 0. The number of furan rings is 2. The van der Waals surface area contributed by atoms with E-state index in [0.29, 0.717) is 0 Å². The van der Waals surface area contributed by atoms with Crippen LogP contribution in [0, 0.1) is 0 Å². The molecule has 3 aromatic heterocycles. The van der Waals surface area contributed by atoms with Crippen molar-refractivity contribution in [3.05, 3.63) is 90.1 Å². The molecule has 1 aromatic carbocycles. The highest BCUT2D eigenvalue weighted by Crippen LogP contribution is 2.36. The van der Waals surface area contributed by atoms with E-state index in [1.165, 1.54) is 11.3 Å². The van der Waals surface area contributed by atoms with Crippen LogP contribution in [0.1, 0.15) is 28.6 Å². The number of nitrogens with one attached hydrogen (secondary N) is 1. The van der Waals surface area contributed by atoms with Gasteiger partial charge in [-0.05, 0) is 23.8 Å². The molecule has 5 rings (SSSR count). The van der Waals surface area contributed by atoms with Crippen LogP contribution in [0.3, 0.4) is 0 Å². The Hall–Kier alpha value is -3.05. The summed E-state index contributed by atoms with van der Waals surface area (Å²) in [6, 6.07) is 14.5. The summed E-state index contributed by atoms with van der Waals surface area (Å²) in [6.45, 7) is 1.77. The number of rotatable bonds is 4. The number of hydrogen-bond acceptors (Lipinski definition) is 4. The van der Waals surface area contributed by atoms with Crippen LogP contribution in [0.5, 0.6) is 0 Å². The molecular weight excluding hydrogens is 326 g/mol. The third-order valence-electron chi connectivity index (χ3n) is 5.06. The molecule has 1 atom stereocenters. The standard InChI is InChI=1S/C21H19N3O2/c1-2-5-17(19-6-3-10-26-19)15(4-1)12-24-9-7-18-20(23-14-22-18)21(24)16-8-11-25-13-16/h1-6,8,10-11,13-14,21H,7,9,12H2,(H,22,23)/t21-/m1/s1. The van der Waals surface area contributed by atoms with E-state index >= 15 is 0 Å². The van der Waals surface area contributed by atoms with E-state index in [-0.39, 0.29) is 6.04 Å². The van der Waals surface area contributed by atoms with E-state index in [4.69, 9.17) is 8.83 Å². The maximum absolute atomic E-state index is 5.64. The molecule has 0 aliphatic carbocycles. The zero-order chi connectivity index (χ0) is 17.3. The maximum Gasteiger partial charge on any atom is 0.134 e. The lowest BCUT2D eigenvalue weighted by molar-refractivity contribution is 0.200. The lowest BCUT2D eigenvalue weighted by Crippen LogP contribution is -2.35. The number of hydrogen-bond donors (Lipinski definition) is 1. The first-order valence-electron chi connectivity index (χ1n) is 8.80. The van der Waals surface area contributed by atoms with Gasteiger partial charge in [0.1, 0.15) is 5.76 Å². The van der Waals surface area contributed by atoms with Crippen LogP contribution < -0.4 is 0 Å². The number of fused-ring (bicyclic) bond motifs is 1. The fraction of sp³-hybridized carbons (Fsp3) is 0.190. The Morgan fingerprint density at radius 3 is 2.92 bits per heavy atom. The van der Waals surface area contributed by atoms with Crippen molar-refractivity contribution >= 4 is 0 Å². The largest absolute Gasteiger partial charge is 0.472 e. The van der Waals surface area contributed by atoms with Gasteiger partial charge in [-0.2, -0.15) is 0 Å². The molecule has 1 N–H and O–H groups in total. The lowest BCUT2D eigenvalue weighted by atomic mass is 9.96. The number of H-pyrrole nitrogens is 1. The van der Waals surface area contributed by atoms with Crippen LogP contribution in [0.15, 0.2) is 76.4 Å². The molecule has 0 saturated carbocycles. The van der Waals surface area contributed by atoms with Crippen LogP contribution in [0.2, 0.25) is 0 Å². The number of imidazole rings is 1. The van der Waals surface area contributed by atoms with Crippen molar-refractivity contribution in [3.63, 3.8) is 0 Å². The molecule has 1 aliphatic rings. The fourth-order valence-electron chi connectivity index (χ4n) is 3.84. The molecule has 4 aromatic rings. The van der Waals surface area contributed by atoms with E-state index in [9.17, 15) is 0 Å². The Bertz CT molecular complexity index is 986. The number of aromatic amines is 1. The Balaban J connectivity index is 1.53. The first kappa shape index (κ1) is 15.2. The zero-order valence-corrected chi connectivity index (χ0v) is 14.3. The fourth-order valence-corrected chi connectivity index (χ4v) is 3.84. The van der Waals surface area contributed by atoms with Crippen LogP contribution in [-0.2, 0) is 13.0 Å². The van der Waals surface area contributed by atoms with E-state index in [1.54, 1.807) is 18.9 Å². The van der Waals surface area contributed by atoms with E-state index in [0.717, 1.165) is 42.1 Å².